The number of halogens is 4. The minimum atomic E-state index is -4.16. The summed E-state index contributed by atoms with van der Waals surface area (Å²) in [7, 11) is 0. The summed E-state index contributed by atoms with van der Waals surface area (Å²) in [6.45, 7) is 0. The molecule has 0 radical (unpaired) electrons. The Bertz CT molecular complexity index is 761. The SMILES string of the molecule is OC(c1cc(Cl)cc2cn[nH]c12)C12CCC(C(F)(F)F)(CC1)CC2. The number of alkyl halides is 3. The van der Waals surface area contributed by atoms with Gasteiger partial charge in [0.2, 0.25) is 0 Å². The van der Waals surface area contributed by atoms with Gasteiger partial charge in [-0.2, -0.15) is 18.3 Å². The Morgan fingerprint density at radius 1 is 1.12 bits per heavy atom. The van der Waals surface area contributed by atoms with Crippen LogP contribution in [0, 0.1) is 10.8 Å². The van der Waals surface area contributed by atoms with Gasteiger partial charge in [-0.25, -0.2) is 0 Å². The molecular formula is C17H18ClF3N2O. The first-order valence-electron chi connectivity index (χ1n) is 8.14. The topological polar surface area (TPSA) is 48.9 Å². The van der Waals surface area contributed by atoms with E-state index in [1.807, 2.05) is 0 Å². The third-order valence-corrected chi connectivity index (χ3v) is 6.54. The van der Waals surface area contributed by atoms with Crippen LogP contribution in [0.1, 0.15) is 50.2 Å². The molecule has 7 heteroatoms. The molecule has 1 aromatic heterocycles. The predicted octanol–water partition coefficient (Wildman–Crippen LogP) is 5.15. The maximum absolute atomic E-state index is 13.4. The molecule has 3 aliphatic rings. The summed E-state index contributed by atoms with van der Waals surface area (Å²) >= 11 is 6.14. The molecule has 130 valence electrons. The molecule has 1 unspecified atom stereocenters. The van der Waals surface area contributed by atoms with Crippen molar-refractivity contribution < 1.29 is 18.3 Å². The normalized spacial score (nSPS) is 31.5. The van der Waals surface area contributed by atoms with Crippen molar-refractivity contribution in [3.8, 4) is 0 Å². The van der Waals surface area contributed by atoms with Crippen molar-refractivity contribution in [2.45, 2.75) is 50.8 Å². The number of hydrogen-bond donors (Lipinski definition) is 2. The van der Waals surface area contributed by atoms with Gasteiger partial charge in [-0.1, -0.05) is 11.6 Å². The second-order valence-electron chi connectivity index (χ2n) is 7.37. The minimum absolute atomic E-state index is 0.0975. The summed E-state index contributed by atoms with van der Waals surface area (Å²) in [5.74, 6) is 0. The lowest BCUT2D eigenvalue weighted by atomic mass is 9.51. The summed E-state index contributed by atoms with van der Waals surface area (Å²) in [5, 5.41) is 19.2. The first-order valence-corrected chi connectivity index (χ1v) is 8.52. The Labute approximate surface area is 142 Å². The predicted molar refractivity (Wildman–Crippen MR) is 84.7 cm³/mol. The molecule has 3 nitrogen and oxygen atoms in total. The molecule has 2 N–H and O–H groups in total. The molecule has 2 bridgehead atoms. The summed E-state index contributed by atoms with van der Waals surface area (Å²) in [6, 6.07) is 3.45. The van der Waals surface area contributed by atoms with Crippen molar-refractivity contribution >= 4 is 22.5 Å². The first kappa shape index (κ1) is 16.2. The van der Waals surface area contributed by atoms with E-state index in [9.17, 15) is 18.3 Å². The second-order valence-corrected chi connectivity index (χ2v) is 7.81. The number of H-pyrrole nitrogens is 1. The lowest BCUT2D eigenvalue weighted by Crippen LogP contribution is -2.51. The number of hydrogen-bond acceptors (Lipinski definition) is 2. The first-order chi connectivity index (χ1) is 11.3. The van der Waals surface area contributed by atoms with Crippen molar-refractivity contribution in [1.29, 1.82) is 0 Å². The molecule has 1 heterocycles. The third kappa shape index (κ3) is 2.19. The van der Waals surface area contributed by atoms with Gasteiger partial charge in [0.15, 0.2) is 0 Å². The number of nitrogens with zero attached hydrogens (tertiary/aromatic N) is 1. The Kier molecular flexibility index (Phi) is 3.45. The van der Waals surface area contributed by atoms with Crippen molar-refractivity contribution in [1.82, 2.24) is 10.2 Å². The Morgan fingerprint density at radius 3 is 2.33 bits per heavy atom. The molecule has 3 aliphatic carbocycles. The van der Waals surface area contributed by atoms with E-state index in [1.165, 1.54) is 0 Å². The van der Waals surface area contributed by atoms with E-state index >= 15 is 0 Å². The van der Waals surface area contributed by atoms with Crippen LogP contribution in [-0.2, 0) is 0 Å². The lowest BCUT2D eigenvalue weighted by Gasteiger charge is -2.55. The third-order valence-electron chi connectivity index (χ3n) is 6.32. The molecule has 0 spiro atoms. The molecule has 1 atom stereocenters. The molecule has 1 aromatic carbocycles. The monoisotopic (exact) mass is 358 g/mol. The highest BCUT2D eigenvalue weighted by atomic mass is 35.5. The quantitative estimate of drug-likeness (QED) is 0.779. The Hall–Kier alpha value is -1.27. The number of aliphatic hydroxyl groups excluding tert-OH is 1. The van der Waals surface area contributed by atoms with Gasteiger partial charge in [0, 0.05) is 21.4 Å². The fourth-order valence-electron chi connectivity index (χ4n) is 4.64. The standard InChI is InChI=1S/C17H18ClF3N2O/c18-11-7-10-9-22-23-13(10)12(8-11)14(24)15-1-4-16(5-2-15,6-3-15)17(19,20)21/h7-9,14,24H,1-6H2,(H,22,23). The maximum atomic E-state index is 13.4. The average Bonchev–Trinajstić information content (AvgIpc) is 3.02. The van der Waals surface area contributed by atoms with Gasteiger partial charge in [0.05, 0.1) is 23.2 Å². The van der Waals surface area contributed by atoms with Crippen LogP contribution in [-0.4, -0.2) is 21.5 Å². The van der Waals surface area contributed by atoms with E-state index in [-0.39, 0.29) is 19.3 Å². The van der Waals surface area contributed by atoms with E-state index in [0.717, 1.165) is 5.39 Å². The van der Waals surface area contributed by atoms with Gasteiger partial charge in [-0.15, -0.1) is 0 Å². The number of benzene rings is 1. The van der Waals surface area contributed by atoms with Gasteiger partial charge < -0.3 is 5.11 Å². The van der Waals surface area contributed by atoms with Crippen LogP contribution in [0.25, 0.3) is 10.9 Å². The van der Waals surface area contributed by atoms with E-state index in [0.29, 0.717) is 35.4 Å². The van der Waals surface area contributed by atoms with Gasteiger partial charge in [0.1, 0.15) is 0 Å². The number of nitrogens with one attached hydrogen (secondary N) is 1. The molecular weight excluding hydrogens is 341 g/mol. The van der Waals surface area contributed by atoms with Crippen LogP contribution < -0.4 is 0 Å². The highest BCUT2D eigenvalue weighted by Crippen LogP contribution is 2.66. The number of rotatable bonds is 2. The molecule has 3 fully saturated rings. The fourth-order valence-corrected chi connectivity index (χ4v) is 4.88. The Balaban J connectivity index is 1.69. The van der Waals surface area contributed by atoms with Crippen LogP contribution >= 0.6 is 11.6 Å². The molecule has 2 aromatic rings. The summed E-state index contributed by atoms with van der Waals surface area (Å²) in [6.07, 6.45) is -1.92. The molecule has 24 heavy (non-hydrogen) atoms. The van der Waals surface area contributed by atoms with Crippen LogP contribution in [0.5, 0.6) is 0 Å². The van der Waals surface area contributed by atoms with Crippen LogP contribution in [0.4, 0.5) is 13.2 Å². The van der Waals surface area contributed by atoms with Gasteiger partial charge in [0.25, 0.3) is 0 Å². The van der Waals surface area contributed by atoms with Crippen LogP contribution in [0.3, 0.4) is 0 Å². The molecule has 0 saturated heterocycles. The average molecular weight is 359 g/mol. The zero-order valence-electron chi connectivity index (χ0n) is 13.0. The number of fused-ring (bicyclic) bond motifs is 4. The number of aromatic amines is 1. The minimum Gasteiger partial charge on any atom is -0.388 e. The maximum Gasteiger partial charge on any atom is 0.394 e. The summed E-state index contributed by atoms with van der Waals surface area (Å²) in [4.78, 5) is 0. The van der Waals surface area contributed by atoms with Crippen LogP contribution in [0.2, 0.25) is 5.02 Å². The van der Waals surface area contributed by atoms with E-state index < -0.39 is 23.1 Å². The molecule has 5 rings (SSSR count). The van der Waals surface area contributed by atoms with E-state index in [1.54, 1.807) is 18.3 Å². The van der Waals surface area contributed by atoms with Crippen LogP contribution in [0.15, 0.2) is 18.3 Å². The molecule has 3 saturated carbocycles. The van der Waals surface area contributed by atoms with Gasteiger partial charge in [-0.05, 0) is 50.7 Å². The number of aliphatic hydroxyl groups is 1. The second kappa shape index (κ2) is 5.11. The highest BCUT2D eigenvalue weighted by Gasteiger charge is 2.62. The highest BCUT2D eigenvalue weighted by molar-refractivity contribution is 6.31. The van der Waals surface area contributed by atoms with Crippen molar-refractivity contribution in [3.63, 3.8) is 0 Å². The van der Waals surface area contributed by atoms with Gasteiger partial charge >= 0.3 is 6.18 Å². The zero-order chi connectivity index (χ0) is 17.2. The molecule has 0 aliphatic heterocycles. The van der Waals surface area contributed by atoms with Crippen molar-refractivity contribution in [3.05, 3.63) is 28.9 Å². The summed E-state index contributed by atoms with van der Waals surface area (Å²) in [5.41, 5.74) is -0.710. The smallest absolute Gasteiger partial charge is 0.388 e. The van der Waals surface area contributed by atoms with Crippen molar-refractivity contribution in [2.24, 2.45) is 10.8 Å². The van der Waals surface area contributed by atoms with E-state index in [4.69, 9.17) is 11.6 Å². The molecule has 0 amide bonds. The fraction of sp³-hybridized carbons (Fsp3) is 0.588. The largest absolute Gasteiger partial charge is 0.394 e. The lowest BCUT2D eigenvalue weighted by molar-refractivity contribution is -0.267. The zero-order valence-corrected chi connectivity index (χ0v) is 13.7. The number of aromatic nitrogens is 2. The van der Waals surface area contributed by atoms with Crippen molar-refractivity contribution in [2.75, 3.05) is 0 Å². The van der Waals surface area contributed by atoms with Gasteiger partial charge in [-0.3, -0.25) is 5.10 Å². The van der Waals surface area contributed by atoms with E-state index in [2.05, 4.69) is 10.2 Å². The Morgan fingerprint density at radius 2 is 1.75 bits per heavy atom. The summed E-state index contributed by atoms with van der Waals surface area (Å²) < 4.78 is 40.2.